The lowest BCUT2D eigenvalue weighted by Gasteiger charge is -2.36. The van der Waals surface area contributed by atoms with Crippen molar-refractivity contribution >= 4 is 11.7 Å². The van der Waals surface area contributed by atoms with Gasteiger partial charge in [0, 0.05) is 50.8 Å². The largest absolute Gasteiger partial charge is 0.335 e. The SMILES string of the molecule is O=C(c1cn2cccnc2n1)N1C[C@H]2CC[C@@H](C1)N(CC1CC1)C2. The molecule has 4 aliphatic rings. The highest BCUT2D eigenvalue weighted by molar-refractivity contribution is 5.92. The Morgan fingerprint density at radius 3 is 2.92 bits per heavy atom. The molecule has 2 bridgehead atoms. The van der Waals surface area contributed by atoms with E-state index in [1.54, 1.807) is 12.4 Å². The van der Waals surface area contributed by atoms with Crippen LogP contribution in [0.2, 0.25) is 0 Å². The Kier molecular flexibility index (Phi) is 3.33. The van der Waals surface area contributed by atoms with Gasteiger partial charge in [-0.1, -0.05) is 0 Å². The van der Waals surface area contributed by atoms with Gasteiger partial charge in [0.05, 0.1) is 0 Å². The van der Waals surface area contributed by atoms with Crippen molar-refractivity contribution in [1.82, 2.24) is 24.2 Å². The Morgan fingerprint density at radius 1 is 1.17 bits per heavy atom. The molecule has 0 unspecified atom stereocenters. The molecule has 5 heterocycles. The fourth-order valence-corrected chi connectivity index (χ4v) is 4.30. The second-order valence-electron chi connectivity index (χ2n) is 7.66. The zero-order valence-electron chi connectivity index (χ0n) is 13.8. The third kappa shape index (κ3) is 2.59. The number of aromatic nitrogens is 3. The average Bonchev–Trinajstić information content (AvgIpc) is 3.36. The third-order valence-electron chi connectivity index (χ3n) is 5.76. The van der Waals surface area contributed by atoms with Crippen molar-refractivity contribution in [2.75, 3.05) is 26.2 Å². The van der Waals surface area contributed by atoms with E-state index in [0.29, 0.717) is 23.4 Å². The molecule has 24 heavy (non-hydrogen) atoms. The van der Waals surface area contributed by atoms with Gasteiger partial charge in [-0.2, -0.15) is 0 Å². The fourth-order valence-electron chi connectivity index (χ4n) is 4.30. The summed E-state index contributed by atoms with van der Waals surface area (Å²) in [6.07, 6.45) is 10.7. The van der Waals surface area contributed by atoms with E-state index in [0.717, 1.165) is 25.6 Å². The number of fused-ring (bicyclic) bond motifs is 5. The Labute approximate surface area is 141 Å². The lowest BCUT2D eigenvalue weighted by Crippen LogP contribution is -2.45. The number of piperidine rings is 1. The van der Waals surface area contributed by atoms with E-state index in [4.69, 9.17) is 0 Å². The number of carbonyl (C=O) groups excluding carboxylic acids is 1. The van der Waals surface area contributed by atoms with E-state index in [1.165, 1.54) is 32.2 Å². The van der Waals surface area contributed by atoms with Crippen LogP contribution in [0.5, 0.6) is 0 Å². The molecular weight excluding hydrogens is 302 g/mol. The monoisotopic (exact) mass is 325 g/mol. The Morgan fingerprint density at radius 2 is 2.08 bits per heavy atom. The molecule has 6 heteroatoms. The van der Waals surface area contributed by atoms with Crippen LogP contribution >= 0.6 is 0 Å². The van der Waals surface area contributed by atoms with Gasteiger partial charge >= 0.3 is 0 Å². The quantitative estimate of drug-likeness (QED) is 0.861. The minimum atomic E-state index is 0.0608. The Bertz CT molecular complexity index is 735. The molecule has 1 aliphatic carbocycles. The van der Waals surface area contributed by atoms with E-state index in [2.05, 4.69) is 14.9 Å². The molecule has 4 fully saturated rings. The number of rotatable bonds is 3. The van der Waals surface area contributed by atoms with Gasteiger partial charge in [0.2, 0.25) is 5.78 Å². The average molecular weight is 325 g/mol. The number of hydrogen-bond acceptors (Lipinski definition) is 4. The molecular formula is C18H23N5O. The zero-order valence-corrected chi connectivity index (χ0v) is 13.8. The molecule has 2 aromatic heterocycles. The van der Waals surface area contributed by atoms with Crippen LogP contribution in [0.3, 0.4) is 0 Å². The predicted molar refractivity (Wildman–Crippen MR) is 89.7 cm³/mol. The first-order valence-corrected chi connectivity index (χ1v) is 9.09. The summed E-state index contributed by atoms with van der Waals surface area (Å²) in [7, 11) is 0. The molecule has 3 saturated heterocycles. The van der Waals surface area contributed by atoms with Crippen LogP contribution in [-0.4, -0.2) is 62.3 Å². The van der Waals surface area contributed by atoms with Crippen LogP contribution in [0, 0.1) is 11.8 Å². The lowest BCUT2D eigenvalue weighted by molar-refractivity contribution is 0.0731. The molecule has 0 radical (unpaired) electrons. The summed E-state index contributed by atoms with van der Waals surface area (Å²) in [5.41, 5.74) is 0.517. The first-order chi connectivity index (χ1) is 11.8. The van der Waals surface area contributed by atoms with Crippen LogP contribution in [-0.2, 0) is 0 Å². The van der Waals surface area contributed by atoms with Crippen molar-refractivity contribution in [3.05, 3.63) is 30.4 Å². The standard InChI is InChI=1S/C18H23N5O/c24-17(16-12-21-7-1-6-19-18(21)20-16)23-10-14-4-5-15(11-23)22(9-14)8-13-2-3-13/h1,6-7,12-15H,2-5,8-11H2/t14-,15-/m0/s1. The second kappa shape index (κ2) is 5.55. The van der Waals surface area contributed by atoms with Crippen LogP contribution < -0.4 is 0 Å². The molecule has 0 aromatic carbocycles. The predicted octanol–water partition coefficient (Wildman–Crippen LogP) is 1.68. The maximum atomic E-state index is 13.0. The van der Waals surface area contributed by atoms with Gasteiger partial charge < -0.3 is 4.90 Å². The van der Waals surface area contributed by atoms with Gasteiger partial charge in [0.1, 0.15) is 5.69 Å². The van der Waals surface area contributed by atoms with Gasteiger partial charge in [0.15, 0.2) is 0 Å². The first kappa shape index (κ1) is 14.4. The highest BCUT2D eigenvalue weighted by Gasteiger charge is 2.39. The van der Waals surface area contributed by atoms with E-state index in [-0.39, 0.29) is 5.91 Å². The van der Waals surface area contributed by atoms with E-state index in [9.17, 15) is 4.79 Å². The highest BCUT2D eigenvalue weighted by atomic mass is 16.2. The Hall–Kier alpha value is -1.95. The van der Waals surface area contributed by atoms with Crippen LogP contribution in [0.25, 0.3) is 5.78 Å². The summed E-state index contributed by atoms with van der Waals surface area (Å²) in [6, 6.07) is 2.38. The number of amides is 1. The summed E-state index contributed by atoms with van der Waals surface area (Å²) in [5.74, 6) is 2.18. The topological polar surface area (TPSA) is 53.7 Å². The molecule has 2 atom stereocenters. The molecule has 0 N–H and O–H groups in total. The molecule has 1 saturated carbocycles. The number of nitrogens with zero attached hydrogens (tertiary/aromatic N) is 5. The molecule has 1 amide bonds. The van der Waals surface area contributed by atoms with Crippen molar-refractivity contribution in [3.63, 3.8) is 0 Å². The van der Waals surface area contributed by atoms with Crippen molar-refractivity contribution < 1.29 is 4.79 Å². The number of carbonyl (C=O) groups is 1. The fraction of sp³-hybridized carbons (Fsp3) is 0.611. The summed E-state index contributed by atoms with van der Waals surface area (Å²) < 4.78 is 1.82. The van der Waals surface area contributed by atoms with Crippen LogP contribution in [0.4, 0.5) is 0 Å². The lowest BCUT2D eigenvalue weighted by atomic mass is 9.95. The minimum Gasteiger partial charge on any atom is -0.335 e. The molecule has 3 aliphatic heterocycles. The smallest absolute Gasteiger partial charge is 0.274 e. The summed E-state index contributed by atoms with van der Waals surface area (Å²) >= 11 is 0. The number of imidazole rings is 1. The summed E-state index contributed by atoms with van der Waals surface area (Å²) in [5, 5.41) is 0. The molecule has 0 spiro atoms. The summed E-state index contributed by atoms with van der Waals surface area (Å²) in [6.45, 7) is 4.13. The van der Waals surface area contributed by atoms with E-state index in [1.807, 2.05) is 21.6 Å². The molecule has 2 aromatic rings. The maximum Gasteiger partial charge on any atom is 0.274 e. The maximum absolute atomic E-state index is 13.0. The van der Waals surface area contributed by atoms with Gasteiger partial charge in [-0.25, -0.2) is 9.97 Å². The summed E-state index contributed by atoms with van der Waals surface area (Å²) in [4.78, 5) is 26.3. The first-order valence-electron chi connectivity index (χ1n) is 9.09. The van der Waals surface area contributed by atoms with Gasteiger partial charge in [-0.05, 0) is 43.6 Å². The Balaban J connectivity index is 1.37. The van der Waals surface area contributed by atoms with E-state index < -0.39 is 0 Å². The third-order valence-corrected chi connectivity index (χ3v) is 5.76. The van der Waals surface area contributed by atoms with Crippen molar-refractivity contribution in [3.8, 4) is 0 Å². The highest BCUT2D eigenvalue weighted by Crippen LogP contribution is 2.35. The van der Waals surface area contributed by atoms with Gasteiger partial charge in [0.25, 0.3) is 5.91 Å². The van der Waals surface area contributed by atoms with E-state index >= 15 is 0 Å². The zero-order chi connectivity index (χ0) is 16.1. The molecule has 6 nitrogen and oxygen atoms in total. The molecule has 126 valence electrons. The van der Waals surface area contributed by atoms with Crippen LogP contribution in [0.1, 0.15) is 36.2 Å². The van der Waals surface area contributed by atoms with Gasteiger partial charge in [-0.15, -0.1) is 0 Å². The normalized spacial score (nSPS) is 27.6. The van der Waals surface area contributed by atoms with Gasteiger partial charge in [-0.3, -0.25) is 14.1 Å². The van der Waals surface area contributed by atoms with Crippen molar-refractivity contribution in [2.45, 2.75) is 31.7 Å². The number of hydrogen-bond donors (Lipinski definition) is 0. The second-order valence-corrected chi connectivity index (χ2v) is 7.66. The van der Waals surface area contributed by atoms with Crippen molar-refractivity contribution in [2.24, 2.45) is 11.8 Å². The van der Waals surface area contributed by atoms with Crippen molar-refractivity contribution in [1.29, 1.82) is 0 Å². The molecule has 6 rings (SSSR count). The van der Waals surface area contributed by atoms with Crippen LogP contribution in [0.15, 0.2) is 24.7 Å². The minimum absolute atomic E-state index is 0.0608.